The van der Waals surface area contributed by atoms with Crippen LogP contribution in [0.25, 0.3) is 11.0 Å². The predicted octanol–water partition coefficient (Wildman–Crippen LogP) is 2.95. The van der Waals surface area contributed by atoms with Crippen LogP contribution in [-0.2, 0) is 5.75 Å². The lowest BCUT2D eigenvalue weighted by molar-refractivity contribution is 0.0960. The van der Waals surface area contributed by atoms with Crippen LogP contribution in [0.15, 0.2) is 40.3 Å². The number of thioether (sulfide) groups is 1. The van der Waals surface area contributed by atoms with Crippen molar-refractivity contribution in [1.29, 1.82) is 0 Å². The Kier molecular flexibility index (Phi) is 4.52. The monoisotopic (exact) mass is 319 g/mol. The van der Waals surface area contributed by atoms with E-state index in [0.29, 0.717) is 6.54 Å². The Morgan fingerprint density at radius 1 is 1.29 bits per heavy atom. The number of benzene rings is 1. The van der Waals surface area contributed by atoms with Gasteiger partial charge in [-0.15, -0.1) is 11.3 Å². The molecule has 5 nitrogen and oxygen atoms in total. The summed E-state index contributed by atoms with van der Waals surface area (Å²) in [6.07, 6.45) is 0. The average Bonchev–Trinajstić information content (AvgIpc) is 3.17. The second-order valence-corrected chi connectivity index (χ2v) is 6.43. The molecule has 1 N–H and O–H groups in total. The van der Waals surface area contributed by atoms with Gasteiger partial charge in [-0.25, -0.2) is 4.63 Å². The van der Waals surface area contributed by atoms with Crippen LogP contribution in [0.1, 0.15) is 15.2 Å². The van der Waals surface area contributed by atoms with Crippen LogP contribution >= 0.6 is 23.1 Å². The number of hydrogen-bond donors (Lipinski definition) is 1. The quantitative estimate of drug-likeness (QED) is 0.708. The molecule has 21 heavy (non-hydrogen) atoms. The van der Waals surface area contributed by atoms with Crippen molar-refractivity contribution in [3.05, 3.63) is 46.2 Å². The van der Waals surface area contributed by atoms with E-state index in [0.717, 1.165) is 27.4 Å². The fourth-order valence-corrected chi connectivity index (χ4v) is 3.29. The van der Waals surface area contributed by atoms with Gasteiger partial charge in [0.25, 0.3) is 5.91 Å². The summed E-state index contributed by atoms with van der Waals surface area (Å²) in [6, 6.07) is 9.60. The molecule has 108 valence electrons. The van der Waals surface area contributed by atoms with Crippen molar-refractivity contribution in [1.82, 2.24) is 15.6 Å². The van der Waals surface area contributed by atoms with Crippen LogP contribution in [0.2, 0.25) is 0 Å². The Hall–Kier alpha value is -1.86. The minimum absolute atomic E-state index is 0.000640. The van der Waals surface area contributed by atoms with Crippen LogP contribution in [-0.4, -0.2) is 28.5 Å². The minimum atomic E-state index is 0.000640. The molecule has 0 aliphatic rings. The highest BCUT2D eigenvalue weighted by atomic mass is 32.2. The van der Waals surface area contributed by atoms with E-state index < -0.39 is 0 Å². The number of nitrogens with zero attached hydrogens (tertiary/aromatic N) is 2. The number of thiophene rings is 1. The molecule has 0 fully saturated rings. The molecule has 0 aliphatic carbocycles. The van der Waals surface area contributed by atoms with Crippen LogP contribution < -0.4 is 5.32 Å². The molecule has 0 atom stereocenters. The maximum Gasteiger partial charge on any atom is 0.261 e. The number of carbonyl (C=O) groups is 1. The van der Waals surface area contributed by atoms with E-state index >= 15 is 0 Å². The number of carbonyl (C=O) groups excluding carboxylic acids is 1. The van der Waals surface area contributed by atoms with Crippen molar-refractivity contribution in [3.8, 4) is 0 Å². The molecular formula is C14H13N3O2S2. The van der Waals surface area contributed by atoms with E-state index in [1.807, 2.05) is 35.7 Å². The summed E-state index contributed by atoms with van der Waals surface area (Å²) in [5.74, 6) is 1.74. The number of hydrogen-bond acceptors (Lipinski definition) is 6. The molecular weight excluding hydrogens is 306 g/mol. The number of amides is 1. The lowest BCUT2D eigenvalue weighted by Crippen LogP contribution is -2.24. The maximum atomic E-state index is 11.7. The van der Waals surface area contributed by atoms with Gasteiger partial charge in [-0.2, -0.15) is 11.8 Å². The van der Waals surface area contributed by atoms with E-state index in [1.54, 1.807) is 11.8 Å². The fourth-order valence-electron chi connectivity index (χ4n) is 1.84. The normalized spacial score (nSPS) is 10.9. The van der Waals surface area contributed by atoms with E-state index in [2.05, 4.69) is 20.3 Å². The first kappa shape index (κ1) is 14.1. The van der Waals surface area contributed by atoms with Gasteiger partial charge < -0.3 is 5.32 Å². The standard InChI is InChI=1S/C14H13N3O2S2/c18-14(13-2-1-6-21-13)15-5-7-20-9-10-3-4-11-12(8-10)17-19-16-11/h1-4,6,8H,5,7,9H2,(H,15,18). The molecule has 0 saturated heterocycles. The zero-order valence-electron chi connectivity index (χ0n) is 11.1. The summed E-state index contributed by atoms with van der Waals surface area (Å²) < 4.78 is 4.67. The van der Waals surface area contributed by atoms with E-state index in [4.69, 9.17) is 0 Å². The average molecular weight is 319 g/mol. The van der Waals surface area contributed by atoms with E-state index in [1.165, 1.54) is 16.9 Å². The topological polar surface area (TPSA) is 68.0 Å². The third-order valence-electron chi connectivity index (χ3n) is 2.86. The lowest BCUT2D eigenvalue weighted by Gasteiger charge is -2.04. The van der Waals surface area contributed by atoms with Crippen LogP contribution in [0.4, 0.5) is 0 Å². The molecule has 0 radical (unpaired) electrons. The Morgan fingerprint density at radius 3 is 3.05 bits per heavy atom. The van der Waals surface area contributed by atoms with Gasteiger partial charge in [0.2, 0.25) is 0 Å². The molecule has 3 rings (SSSR count). The van der Waals surface area contributed by atoms with Crippen molar-refractivity contribution in [2.45, 2.75) is 5.75 Å². The van der Waals surface area contributed by atoms with Crippen molar-refractivity contribution in [3.63, 3.8) is 0 Å². The van der Waals surface area contributed by atoms with E-state index in [-0.39, 0.29) is 5.91 Å². The SMILES string of the molecule is O=C(NCCSCc1ccc2nonc2c1)c1cccs1. The fraction of sp³-hybridized carbons (Fsp3) is 0.214. The first-order valence-corrected chi connectivity index (χ1v) is 8.47. The van der Waals surface area contributed by atoms with Crippen LogP contribution in [0, 0.1) is 0 Å². The largest absolute Gasteiger partial charge is 0.351 e. The highest BCUT2D eigenvalue weighted by Crippen LogP contribution is 2.16. The molecule has 0 unspecified atom stereocenters. The first-order chi connectivity index (χ1) is 10.3. The molecule has 7 heteroatoms. The van der Waals surface area contributed by atoms with Gasteiger partial charge in [-0.05, 0) is 39.5 Å². The summed E-state index contributed by atoms with van der Waals surface area (Å²) in [5, 5.41) is 12.4. The van der Waals surface area contributed by atoms with Gasteiger partial charge in [0.1, 0.15) is 11.0 Å². The number of nitrogens with one attached hydrogen (secondary N) is 1. The third-order valence-corrected chi connectivity index (χ3v) is 4.76. The van der Waals surface area contributed by atoms with Gasteiger partial charge in [0.05, 0.1) is 4.88 Å². The van der Waals surface area contributed by atoms with Crippen molar-refractivity contribution >= 4 is 40.0 Å². The molecule has 1 amide bonds. The summed E-state index contributed by atoms with van der Waals surface area (Å²) in [5.41, 5.74) is 2.72. The zero-order valence-corrected chi connectivity index (χ0v) is 12.7. The van der Waals surface area contributed by atoms with Gasteiger partial charge in [0.15, 0.2) is 0 Å². The summed E-state index contributed by atoms with van der Waals surface area (Å²) in [4.78, 5) is 12.5. The predicted molar refractivity (Wildman–Crippen MR) is 84.6 cm³/mol. The van der Waals surface area contributed by atoms with E-state index in [9.17, 15) is 4.79 Å². The molecule has 2 heterocycles. The summed E-state index contributed by atoms with van der Waals surface area (Å²) in [7, 11) is 0. The van der Waals surface area contributed by atoms with Crippen molar-refractivity contribution in [2.75, 3.05) is 12.3 Å². The Labute approximate surface area is 129 Å². The smallest absolute Gasteiger partial charge is 0.261 e. The molecule has 1 aromatic carbocycles. The lowest BCUT2D eigenvalue weighted by atomic mass is 10.2. The van der Waals surface area contributed by atoms with Gasteiger partial charge in [-0.1, -0.05) is 12.1 Å². The van der Waals surface area contributed by atoms with Crippen molar-refractivity contribution in [2.24, 2.45) is 0 Å². The minimum Gasteiger partial charge on any atom is -0.351 e. The van der Waals surface area contributed by atoms with Crippen molar-refractivity contribution < 1.29 is 9.42 Å². The molecule has 0 saturated carbocycles. The molecule has 0 aliphatic heterocycles. The van der Waals surface area contributed by atoms with Gasteiger partial charge >= 0.3 is 0 Å². The zero-order chi connectivity index (χ0) is 14.5. The first-order valence-electron chi connectivity index (χ1n) is 6.43. The second-order valence-electron chi connectivity index (χ2n) is 4.37. The summed E-state index contributed by atoms with van der Waals surface area (Å²) >= 11 is 3.22. The number of aromatic nitrogens is 2. The molecule has 2 aromatic heterocycles. The van der Waals surface area contributed by atoms with Gasteiger partial charge in [-0.3, -0.25) is 4.79 Å². The Bertz CT molecular complexity index is 725. The van der Waals surface area contributed by atoms with Gasteiger partial charge in [0, 0.05) is 18.1 Å². The maximum absolute atomic E-state index is 11.7. The molecule has 0 spiro atoms. The third kappa shape index (κ3) is 3.62. The molecule has 3 aromatic rings. The van der Waals surface area contributed by atoms with Crippen LogP contribution in [0.3, 0.4) is 0 Å². The second kappa shape index (κ2) is 6.73. The Balaban J connectivity index is 1.41. The Morgan fingerprint density at radius 2 is 2.19 bits per heavy atom. The number of fused-ring (bicyclic) bond motifs is 1. The molecule has 0 bridgehead atoms. The highest BCUT2D eigenvalue weighted by Gasteiger charge is 2.05. The summed E-state index contributed by atoms with van der Waals surface area (Å²) in [6.45, 7) is 0.662. The van der Waals surface area contributed by atoms with Crippen LogP contribution in [0.5, 0.6) is 0 Å². The number of rotatable bonds is 6. The highest BCUT2D eigenvalue weighted by molar-refractivity contribution is 7.98.